The summed E-state index contributed by atoms with van der Waals surface area (Å²) in [7, 11) is 0. The minimum absolute atomic E-state index is 0.157. The van der Waals surface area contributed by atoms with Gasteiger partial charge in [0.2, 0.25) is 5.91 Å². The van der Waals surface area contributed by atoms with Crippen LogP contribution in [-0.4, -0.2) is 27.6 Å². The second-order valence-corrected chi connectivity index (χ2v) is 7.71. The number of hydrogen-bond donors (Lipinski definition) is 2. The molecule has 0 atom stereocenters. The fourth-order valence-corrected chi connectivity index (χ4v) is 3.75. The van der Waals surface area contributed by atoms with Crippen molar-refractivity contribution in [1.82, 2.24) is 10.3 Å². The van der Waals surface area contributed by atoms with Gasteiger partial charge in [0.1, 0.15) is 4.32 Å². The Morgan fingerprint density at radius 1 is 1.15 bits per heavy atom. The van der Waals surface area contributed by atoms with Crippen molar-refractivity contribution in [3.05, 3.63) is 70.6 Å². The van der Waals surface area contributed by atoms with Crippen LogP contribution < -0.4 is 10.9 Å². The number of benzene rings is 2. The quantitative estimate of drug-likeness (QED) is 0.442. The third-order valence-electron chi connectivity index (χ3n) is 3.93. The number of amides is 2. The van der Waals surface area contributed by atoms with Gasteiger partial charge >= 0.3 is 0 Å². The number of nitrogens with zero attached hydrogens (tertiary/aromatic N) is 1. The molecule has 138 valence electrons. The first-order valence-corrected chi connectivity index (χ1v) is 9.67. The molecule has 2 aromatic rings. The van der Waals surface area contributed by atoms with Crippen LogP contribution >= 0.6 is 24.0 Å². The Kier molecular flexibility index (Phi) is 6.26. The van der Waals surface area contributed by atoms with Gasteiger partial charge in [0, 0.05) is 13.0 Å². The molecular weight excluding hydrogens is 378 g/mol. The normalized spacial score (nSPS) is 15.3. The monoisotopic (exact) mass is 397 g/mol. The zero-order chi connectivity index (χ0) is 19.2. The highest BCUT2D eigenvalue weighted by Gasteiger charge is 2.32. The molecule has 0 spiro atoms. The van der Waals surface area contributed by atoms with E-state index in [0.717, 1.165) is 16.8 Å². The van der Waals surface area contributed by atoms with Crippen LogP contribution in [0.1, 0.15) is 17.5 Å². The first-order valence-electron chi connectivity index (χ1n) is 8.45. The molecule has 3 rings (SSSR count). The van der Waals surface area contributed by atoms with E-state index in [0.29, 0.717) is 9.23 Å². The highest BCUT2D eigenvalue weighted by molar-refractivity contribution is 8.26. The molecule has 2 N–H and O–H groups in total. The average Bonchev–Trinajstić information content (AvgIpc) is 2.94. The van der Waals surface area contributed by atoms with Gasteiger partial charge in [-0.1, -0.05) is 72.0 Å². The molecule has 1 aliphatic rings. The molecule has 0 bridgehead atoms. The fourth-order valence-electron chi connectivity index (χ4n) is 2.45. The number of hydrogen-bond acceptors (Lipinski definition) is 5. The summed E-state index contributed by atoms with van der Waals surface area (Å²) in [5, 5.41) is 0. The van der Waals surface area contributed by atoms with Crippen molar-refractivity contribution in [1.29, 1.82) is 0 Å². The Hall–Kier alpha value is -2.64. The lowest BCUT2D eigenvalue weighted by atomic mass is 10.1. The number of thiocarbonyl (C=S) groups is 1. The van der Waals surface area contributed by atoms with Crippen LogP contribution in [0.25, 0.3) is 6.08 Å². The zero-order valence-corrected chi connectivity index (χ0v) is 16.4. The summed E-state index contributed by atoms with van der Waals surface area (Å²) in [4.78, 5) is 26.6. The summed E-state index contributed by atoms with van der Waals surface area (Å²) in [6.45, 7) is 2.26. The largest absolute Gasteiger partial charge is 0.299 e. The Morgan fingerprint density at radius 3 is 2.56 bits per heavy atom. The van der Waals surface area contributed by atoms with Crippen molar-refractivity contribution >= 4 is 51.9 Å². The molecule has 0 aliphatic carbocycles. The maximum absolute atomic E-state index is 12.6. The Bertz CT molecular complexity index is 880. The maximum atomic E-state index is 12.6. The second-order valence-electron chi connectivity index (χ2n) is 6.03. The minimum atomic E-state index is -0.213. The Morgan fingerprint density at radius 2 is 1.85 bits per heavy atom. The molecule has 7 heteroatoms. The SMILES string of the molecule is Cc1ccc(/C=C2/SC(=S)N(CCC(=O)NNc3ccccc3)C2=O)cc1. The highest BCUT2D eigenvalue weighted by atomic mass is 32.2. The topological polar surface area (TPSA) is 61.4 Å². The minimum Gasteiger partial charge on any atom is -0.299 e. The molecule has 2 amide bonds. The highest BCUT2D eigenvalue weighted by Crippen LogP contribution is 2.32. The predicted octanol–water partition coefficient (Wildman–Crippen LogP) is 3.73. The van der Waals surface area contributed by atoms with E-state index in [1.165, 1.54) is 16.7 Å². The van der Waals surface area contributed by atoms with E-state index in [2.05, 4.69) is 10.9 Å². The van der Waals surface area contributed by atoms with Crippen molar-refractivity contribution in [3.8, 4) is 0 Å². The van der Waals surface area contributed by atoms with Gasteiger partial charge in [0.05, 0.1) is 10.6 Å². The van der Waals surface area contributed by atoms with E-state index in [4.69, 9.17) is 12.2 Å². The van der Waals surface area contributed by atoms with Gasteiger partial charge < -0.3 is 0 Å². The lowest BCUT2D eigenvalue weighted by Gasteiger charge is -2.14. The standard InChI is InChI=1S/C20H19N3O2S2/c1-14-7-9-15(10-8-14)13-17-19(25)23(20(26)27-17)12-11-18(24)22-21-16-5-3-2-4-6-16/h2-10,13,21H,11-12H2,1H3,(H,22,24)/b17-13+. The van der Waals surface area contributed by atoms with Crippen molar-refractivity contribution in [3.63, 3.8) is 0 Å². The summed E-state index contributed by atoms with van der Waals surface area (Å²) in [5.41, 5.74) is 8.35. The van der Waals surface area contributed by atoms with E-state index in [9.17, 15) is 9.59 Å². The summed E-state index contributed by atoms with van der Waals surface area (Å²) in [6, 6.07) is 17.2. The van der Waals surface area contributed by atoms with E-state index >= 15 is 0 Å². The molecule has 1 saturated heterocycles. The first-order chi connectivity index (χ1) is 13.0. The molecule has 0 saturated carbocycles. The van der Waals surface area contributed by atoms with Gasteiger partial charge in [0.15, 0.2) is 0 Å². The van der Waals surface area contributed by atoms with Crippen LogP contribution in [0.15, 0.2) is 59.5 Å². The number of hydrazine groups is 1. The summed E-state index contributed by atoms with van der Waals surface area (Å²) in [6.07, 6.45) is 1.99. The van der Waals surface area contributed by atoms with Crippen LogP contribution in [0.4, 0.5) is 5.69 Å². The third-order valence-corrected chi connectivity index (χ3v) is 5.31. The molecule has 0 radical (unpaired) electrons. The number of para-hydroxylation sites is 1. The smallest absolute Gasteiger partial charge is 0.266 e. The Labute approximate surface area is 167 Å². The van der Waals surface area contributed by atoms with Crippen LogP contribution in [0, 0.1) is 6.92 Å². The number of nitrogens with one attached hydrogen (secondary N) is 2. The van der Waals surface area contributed by atoms with E-state index in [-0.39, 0.29) is 24.8 Å². The van der Waals surface area contributed by atoms with Gasteiger partial charge in [-0.15, -0.1) is 0 Å². The molecule has 5 nitrogen and oxygen atoms in total. The number of rotatable bonds is 6. The zero-order valence-electron chi connectivity index (χ0n) is 14.8. The van der Waals surface area contributed by atoms with Gasteiger partial charge in [-0.25, -0.2) is 0 Å². The second kappa shape index (κ2) is 8.83. The van der Waals surface area contributed by atoms with Gasteiger partial charge in [-0.3, -0.25) is 25.3 Å². The Balaban J connectivity index is 1.54. The van der Waals surface area contributed by atoms with Crippen LogP contribution in [0.5, 0.6) is 0 Å². The number of carbonyl (C=O) groups is 2. The molecule has 2 aromatic carbocycles. The fraction of sp³-hybridized carbons (Fsp3) is 0.150. The first kappa shape index (κ1) is 19.1. The van der Waals surface area contributed by atoms with Crippen molar-refractivity contribution in [2.24, 2.45) is 0 Å². The lowest BCUT2D eigenvalue weighted by molar-refractivity contribution is -0.123. The summed E-state index contributed by atoms with van der Waals surface area (Å²) < 4.78 is 0.474. The number of thioether (sulfide) groups is 1. The van der Waals surface area contributed by atoms with Gasteiger partial charge in [-0.05, 0) is 30.7 Å². The van der Waals surface area contributed by atoms with Crippen LogP contribution in [-0.2, 0) is 9.59 Å². The van der Waals surface area contributed by atoms with Gasteiger partial charge in [-0.2, -0.15) is 0 Å². The van der Waals surface area contributed by atoms with E-state index in [1.54, 1.807) is 0 Å². The predicted molar refractivity (Wildman–Crippen MR) is 114 cm³/mol. The molecule has 0 unspecified atom stereocenters. The van der Waals surface area contributed by atoms with Crippen molar-refractivity contribution in [2.75, 3.05) is 12.0 Å². The molecule has 1 heterocycles. The summed E-state index contributed by atoms with van der Waals surface area (Å²) >= 11 is 6.57. The lowest BCUT2D eigenvalue weighted by Crippen LogP contribution is -2.35. The molecule has 27 heavy (non-hydrogen) atoms. The average molecular weight is 398 g/mol. The van der Waals surface area contributed by atoms with E-state index < -0.39 is 0 Å². The van der Waals surface area contributed by atoms with Crippen LogP contribution in [0.3, 0.4) is 0 Å². The summed E-state index contributed by atoms with van der Waals surface area (Å²) in [5.74, 6) is -0.371. The van der Waals surface area contributed by atoms with Crippen molar-refractivity contribution in [2.45, 2.75) is 13.3 Å². The third kappa shape index (κ3) is 5.18. The molecule has 1 fully saturated rings. The number of carbonyl (C=O) groups excluding carboxylic acids is 2. The van der Waals surface area contributed by atoms with E-state index in [1.807, 2.05) is 67.6 Å². The van der Waals surface area contributed by atoms with Gasteiger partial charge in [0.25, 0.3) is 5.91 Å². The number of aryl methyl sites for hydroxylation is 1. The number of anilines is 1. The molecule has 1 aliphatic heterocycles. The molecule has 0 aromatic heterocycles. The maximum Gasteiger partial charge on any atom is 0.266 e. The van der Waals surface area contributed by atoms with Crippen LogP contribution in [0.2, 0.25) is 0 Å². The molecular formula is C20H19N3O2S2. The van der Waals surface area contributed by atoms with Crippen molar-refractivity contribution < 1.29 is 9.59 Å².